The molecule has 5 nitrogen and oxygen atoms in total. The van der Waals surface area contributed by atoms with Crippen LogP contribution in [0.3, 0.4) is 0 Å². The van der Waals surface area contributed by atoms with Crippen molar-refractivity contribution in [3.05, 3.63) is 48.5 Å². The van der Waals surface area contributed by atoms with Gasteiger partial charge in [0, 0.05) is 17.9 Å². The van der Waals surface area contributed by atoms with Gasteiger partial charge in [-0.05, 0) is 61.9 Å². The Morgan fingerprint density at radius 2 is 1.54 bits per heavy atom. The predicted octanol–water partition coefficient (Wildman–Crippen LogP) is 4.10. The van der Waals surface area contributed by atoms with Crippen molar-refractivity contribution in [2.75, 3.05) is 23.2 Å². The first kappa shape index (κ1) is 18.1. The van der Waals surface area contributed by atoms with Crippen molar-refractivity contribution in [2.24, 2.45) is 0 Å². The number of ether oxygens (including phenoxy) is 1. The van der Waals surface area contributed by atoms with E-state index in [1.165, 1.54) is 12.1 Å². The highest BCUT2D eigenvalue weighted by atomic mass is 32.2. The summed E-state index contributed by atoms with van der Waals surface area (Å²) in [5.74, 6) is 0.652. The number of nitrogens with one attached hydrogen (secondary N) is 2. The molecule has 2 aromatic rings. The van der Waals surface area contributed by atoms with Gasteiger partial charge in [0.15, 0.2) is 0 Å². The third kappa shape index (κ3) is 5.16. The summed E-state index contributed by atoms with van der Waals surface area (Å²) in [5.41, 5.74) is 1.51. The second kappa shape index (κ2) is 8.59. The number of hydrogen-bond donors (Lipinski definition) is 2. The first-order valence-corrected chi connectivity index (χ1v) is 9.63. The molecule has 0 aliphatic carbocycles. The van der Waals surface area contributed by atoms with Crippen molar-refractivity contribution in [3.8, 4) is 5.75 Å². The molecule has 0 saturated heterocycles. The Bertz CT molecular complexity index is 726. The molecular weight excluding hydrogens is 324 g/mol. The lowest BCUT2D eigenvalue weighted by molar-refractivity contribution is 0.340. The Kier molecular flexibility index (Phi) is 6.49. The van der Waals surface area contributed by atoms with Gasteiger partial charge in [-0.3, -0.25) is 4.72 Å². The number of hydrogen-bond acceptors (Lipinski definition) is 4. The van der Waals surface area contributed by atoms with Crippen LogP contribution in [0, 0.1) is 0 Å². The number of benzene rings is 2. The molecule has 0 spiro atoms. The molecule has 0 aliphatic rings. The van der Waals surface area contributed by atoms with E-state index in [1.807, 2.05) is 19.1 Å². The zero-order chi connectivity index (χ0) is 17.4. The fourth-order valence-electron chi connectivity index (χ4n) is 2.16. The van der Waals surface area contributed by atoms with E-state index in [0.717, 1.165) is 25.1 Å². The number of anilines is 2. The summed E-state index contributed by atoms with van der Waals surface area (Å²) in [6.07, 6.45) is 2.24. The van der Waals surface area contributed by atoms with Gasteiger partial charge in [0.2, 0.25) is 0 Å². The zero-order valence-electron chi connectivity index (χ0n) is 14.1. The van der Waals surface area contributed by atoms with Crippen molar-refractivity contribution in [1.29, 1.82) is 0 Å². The second-order valence-electron chi connectivity index (χ2n) is 5.37. The van der Waals surface area contributed by atoms with Gasteiger partial charge in [-0.1, -0.05) is 13.3 Å². The summed E-state index contributed by atoms with van der Waals surface area (Å²) >= 11 is 0. The molecule has 0 saturated carbocycles. The fraction of sp³-hybridized carbons (Fsp3) is 0.333. The van der Waals surface area contributed by atoms with Gasteiger partial charge in [0.05, 0.1) is 11.5 Å². The van der Waals surface area contributed by atoms with E-state index >= 15 is 0 Å². The summed E-state index contributed by atoms with van der Waals surface area (Å²) < 4.78 is 32.7. The molecule has 0 bridgehead atoms. The molecule has 2 N–H and O–H groups in total. The maximum Gasteiger partial charge on any atom is 0.261 e. The third-order valence-corrected chi connectivity index (χ3v) is 4.84. The smallest absolute Gasteiger partial charge is 0.261 e. The first-order chi connectivity index (χ1) is 11.5. The highest BCUT2D eigenvalue weighted by molar-refractivity contribution is 7.92. The molecule has 130 valence electrons. The Balaban J connectivity index is 2.03. The maximum absolute atomic E-state index is 12.4. The summed E-state index contributed by atoms with van der Waals surface area (Å²) in [7, 11) is -3.60. The predicted molar refractivity (Wildman–Crippen MR) is 98.3 cm³/mol. The van der Waals surface area contributed by atoms with Gasteiger partial charge < -0.3 is 10.1 Å². The monoisotopic (exact) mass is 348 g/mol. The summed E-state index contributed by atoms with van der Waals surface area (Å²) in [6.45, 7) is 5.48. The average Bonchev–Trinajstić information content (AvgIpc) is 2.57. The van der Waals surface area contributed by atoms with E-state index in [9.17, 15) is 8.42 Å². The van der Waals surface area contributed by atoms with Crippen LogP contribution in [0.15, 0.2) is 53.4 Å². The van der Waals surface area contributed by atoms with Crippen LogP contribution in [-0.2, 0) is 10.0 Å². The van der Waals surface area contributed by atoms with Gasteiger partial charge in [0.25, 0.3) is 10.0 Å². The topological polar surface area (TPSA) is 67.4 Å². The van der Waals surface area contributed by atoms with Crippen LogP contribution >= 0.6 is 0 Å². The lowest BCUT2D eigenvalue weighted by Crippen LogP contribution is -2.13. The molecule has 2 rings (SSSR count). The van der Waals surface area contributed by atoms with Crippen molar-refractivity contribution in [3.63, 3.8) is 0 Å². The van der Waals surface area contributed by atoms with Gasteiger partial charge in [-0.15, -0.1) is 0 Å². The summed E-state index contributed by atoms with van der Waals surface area (Å²) in [4.78, 5) is 0.205. The summed E-state index contributed by atoms with van der Waals surface area (Å²) in [5, 5.41) is 3.29. The molecule has 6 heteroatoms. The van der Waals surface area contributed by atoms with Gasteiger partial charge in [-0.2, -0.15) is 0 Å². The van der Waals surface area contributed by atoms with Crippen molar-refractivity contribution < 1.29 is 13.2 Å². The molecule has 2 aromatic carbocycles. The molecular formula is C18H24N2O3S. The minimum Gasteiger partial charge on any atom is -0.494 e. The fourth-order valence-corrected chi connectivity index (χ4v) is 3.22. The van der Waals surface area contributed by atoms with Crippen LogP contribution in [0.2, 0.25) is 0 Å². The van der Waals surface area contributed by atoms with Crippen LogP contribution in [-0.4, -0.2) is 21.6 Å². The molecule has 0 radical (unpaired) electrons. The van der Waals surface area contributed by atoms with Gasteiger partial charge >= 0.3 is 0 Å². The molecule has 0 aromatic heterocycles. The van der Waals surface area contributed by atoms with Crippen molar-refractivity contribution >= 4 is 21.4 Å². The van der Waals surface area contributed by atoms with Crippen LogP contribution in [0.4, 0.5) is 11.4 Å². The maximum atomic E-state index is 12.4. The Morgan fingerprint density at radius 1 is 0.917 bits per heavy atom. The lowest BCUT2D eigenvalue weighted by atomic mass is 10.2. The Hall–Kier alpha value is -2.21. The SMILES string of the molecule is CCCCNc1ccc(NS(=O)(=O)c2ccc(OCC)cc2)cc1. The molecule has 0 unspecified atom stereocenters. The highest BCUT2D eigenvalue weighted by Crippen LogP contribution is 2.20. The largest absolute Gasteiger partial charge is 0.494 e. The summed E-state index contributed by atoms with van der Waals surface area (Å²) in [6, 6.07) is 13.6. The van der Waals surface area contributed by atoms with Crippen molar-refractivity contribution in [2.45, 2.75) is 31.6 Å². The number of rotatable bonds is 9. The Morgan fingerprint density at radius 3 is 2.12 bits per heavy atom. The highest BCUT2D eigenvalue weighted by Gasteiger charge is 2.14. The molecule has 24 heavy (non-hydrogen) atoms. The number of sulfonamides is 1. The minimum absolute atomic E-state index is 0.205. The second-order valence-corrected chi connectivity index (χ2v) is 7.05. The van der Waals surface area contributed by atoms with Crippen LogP contribution in [0.1, 0.15) is 26.7 Å². The molecule has 0 aliphatic heterocycles. The van der Waals surface area contributed by atoms with E-state index in [2.05, 4.69) is 17.0 Å². The van der Waals surface area contributed by atoms with Gasteiger partial charge in [-0.25, -0.2) is 8.42 Å². The normalized spacial score (nSPS) is 11.1. The molecule has 0 amide bonds. The zero-order valence-corrected chi connectivity index (χ0v) is 14.9. The van der Waals surface area contributed by atoms with Crippen molar-refractivity contribution in [1.82, 2.24) is 0 Å². The van der Waals surface area contributed by atoms with E-state index in [4.69, 9.17) is 4.74 Å². The third-order valence-electron chi connectivity index (χ3n) is 3.44. The number of unbranched alkanes of at least 4 members (excludes halogenated alkanes) is 1. The quantitative estimate of drug-likeness (QED) is 0.670. The van der Waals surface area contributed by atoms with Crippen LogP contribution < -0.4 is 14.8 Å². The molecule has 0 atom stereocenters. The molecule has 0 heterocycles. The van der Waals surface area contributed by atoms with Gasteiger partial charge in [0.1, 0.15) is 5.75 Å². The van der Waals surface area contributed by atoms with E-state index < -0.39 is 10.0 Å². The lowest BCUT2D eigenvalue weighted by Gasteiger charge is -2.10. The first-order valence-electron chi connectivity index (χ1n) is 8.14. The minimum atomic E-state index is -3.60. The standard InChI is InChI=1S/C18H24N2O3S/c1-3-5-14-19-15-6-8-16(9-7-15)20-24(21,22)18-12-10-17(11-13-18)23-4-2/h6-13,19-20H,3-5,14H2,1-2H3. The van der Waals surface area contributed by atoms with E-state index in [-0.39, 0.29) is 4.90 Å². The van der Waals surface area contributed by atoms with E-state index in [1.54, 1.807) is 24.3 Å². The van der Waals surface area contributed by atoms with E-state index in [0.29, 0.717) is 18.0 Å². The molecule has 0 fully saturated rings. The van der Waals surface area contributed by atoms with Crippen LogP contribution in [0.5, 0.6) is 5.75 Å². The van der Waals surface area contributed by atoms with Crippen LogP contribution in [0.25, 0.3) is 0 Å². The Labute approximate surface area is 144 Å². The average molecular weight is 348 g/mol.